The Balaban J connectivity index is 3.33. The van der Waals surface area contributed by atoms with E-state index in [0.29, 0.717) is 5.56 Å². The molecule has 0 fully saturated rings. The lowest BCUT2D eigenvalue weighted by atomic mass is 10.2. The van der Waals surface area contributed by atoms with Crippen LogP contribution in [0.2, 0.25) is 5.15 Å². The topological polar surface area (TPSA) is 30.0 Å². The van der Waals surface area contributed by atoms with Gasteiger partial charge < -0.3 is 0 Å². The van der Waals surface area contributed by atoms with Gasteiger partial charge in [0.15, 0.2) is 11.6 Å². The fourth-order valence-corrected chi connectivity index (χ4v) is 0.944. The molecule has 0 aliphatic carbocycles. The van der Waals surface area contributed by atoms with Crippen LogP contribution in [0.25, 0.3) is 0 Å². The number of ketones is 1. The van der Waals surface area contributed by atoms with E-state index in [-0.39, 0.29) is 10.8 Å². The van der Waals surface area contributed by atoms with Gasteiger partial charge in [0.1, 0.15) is 10.8 Å². The van der Waals surface area contributed by atoms with Crippen LogP contribution >= 0.6 is 11.6 Å². The summed E-state index contributed by atoms with van der Waals surface area (Å²) in [7, 11) is 0. The van der Waals surface area contributed by atoms with Gasteiger partial charge in [-0.05, 0) is 18.6 Å². The minimum Gasteiger partial charge on any atom is -0.293 e. The molecule has 4 heteroatoms. The maximum Gasteiger partial charge on any atom is 0.181 e. The SMILES string of the molecule is CC(=O)c1nc(Cl)c(C)cc1F. The Hall–Kier alpha value is -0.960. The van der Waals surface area contributed by atoms with Crippen molar-refractivity contribution in [3.05, 3.63) is 28.3 Å². The summed E-state index contributed by atoms with van der Waals surface area (Å²) in [5.74, 6) is -1.04. The number of aromatic nitrogens is 1. The summed E-state index contributed by atoms with van der Waals surface area (Å²) >= 11 is 5.60. The standard InChI is InChI=1S/C8H7ClFNO/c1-4-3-6(10)7(5(2)12)11-8(4)9/h3H,1-2H3. The van der Waals surface area contributed by atoms with Crippen molar-refractivity contribution in [2.24, 2.45) is 0 Å². The Morgan fingerprint density at radius 3 is 2.75 bits per heavy atom. The third-order valence-corrected chi connectivity index (χ3v) is 1.82. The molecule has 0 radical (unpaired) electrons. The highest BCUT2D eigenvalue weighted by Gasteiger charge is 2.11. The molecule has 0 saturated heterocycles. The third-order valence-electron chi connectivity index (χ3n) is 1.44. The summed E-state index contributed by atoms with van der Waals surface area (Å²) in [6, 6.07) is 1.20. The Morgan fingerprint density at radius 1 is 1.67 bits per heavy atom. The first-order valence-corrected chi connectivity index (χ1v) is 3.73. The van der Waals surface area contributed by atoms with Gasteiger partial charge in [-0.25, -0.2) is 9.37 Å². The molecule has 0 aliphatic rings. The molecular weight excluding hydrogens is 181 g/mol. The normalized spacial score (nSPS) is 10.0. The monoisotopic (exact) mass is 187 g/mol. The van der Waals surface area contributed by atoms with Crippen LogP contribution in [0.3, 0.4) is 0 Å². The van der Waals surface area contributed by atoms with Crippen molar-refractivity contribution in [1.29, 1.82) is 0 Å². The average molecular weight is 188 g/mol. The van der Waals surface area contributed by atoms with Gasteiger partial charge in [-0.1, -0.05) is 11.6 Å². The van der Waals surface area contributed by atoms with E-state index in [1.54, 1.807) is 6.92 Å². The van der Waals surface area contributed by atoms with E-state index in [1.807, 2.05) is 0 Å². The lowest BCUT2D eigenvalue weighted by Crippen LogP contribution is -2.02. The van der Waals surface area contributed by atoms with E-state index in [4.69, 9.17) is 11.6 Å². The summed E-state index contributed by atoms with van der Waals surface area (Å²) in [4.78, 5) is 14.4. The Morgan fingerprint density at radius 2 is 2.25 bits per heavy atom. The summed E-state index contributed by atoms with van der Waals surface area (Å²) < 4.78 is 12.9. The van der Waals surface area contributed by atoms with Crippen molar-refractivity contribution >= 4 is 17.4 Å². The van der Waals surface area contributed by atoms with Gasteiger partial charge in [0.2, 0.25) is 0 Å². The molecule has 64 valence electrons. The number of carbonyl (C=O) groups excluding carboxylic acids is 1. The minimum atomic E-state index is -0.621. The Kier molecular flexibility index (Phi) is 2.43. The molecule has 12 heavy (non-hydrogen) atoms. The van der Waals surface area contributed by atoms with Crippen LogP contribution in [0.1, 0.15) is 23.0 Å². The number of Topliss-reactive ketones (excluding diaryl/α,β-unsaturated/α-hetero) is 1. The molecule has 0 saturated carbocycles. The van der Waals surface area contributed by atoms with Crippen LogP contribution in [-0.4, -0.2) is 10.8 Å². The van der Waals surface area contributed by atoms with Gasteiger partial charge in [-0.2, -0.15) is 0 Å². The lowest BCUT2D eigenvalue weighted by molar-refractivity contribution is 0.100. The number of nitrogens with zero attached hydrogens (tertiary/aromatic N) is 1. The quantitative estimate of drug-likeness (QED) is 0.499. The van der Waals surface area contributed by atoms with E-state index in [1.165, 1.54) is 13.0 Å². The first-order chi connectivity index (χ1) is 5.52. The largest absolute Gasteiger partial charge is 0.293 e. The van der Waals surface area contributed by atoms with Crippen molar-refractivity contribution < 1.29 is 9.18 Å². The molecule has 0 aromatic carbocycles. The highest BCUT2D eigenvalue weighted by Crippen LogP contribution is 2.15. The number of rotatable bonds is 1. The second-order valence-electron chi connectivity index (χ2n) is 2.48. The molecule has 1 aromatic heterocycles. The smallest absolute Gasteiger partial charge is 0.181 e. The zero-order valence-corrected chi connectivity index (χ0v) is 7.44. The molecule has 0 aliphatic heterocycles. The molecule has 0 amide bonds. The fourth-order valence-electron chi connectivity index (χ4n) is 0.805. The zero-order valence-electron chi connectivity index (χ0n) is 6.69. The van der Waals surface area contributed by atoms with Crippen molar-refractivity contribution in [2.75, 3.05) is 0 Å². The van der Waals surface area contributed by atoms with E-state index in [0.717, 1.165) is 0 Å². The predicted octanol–water partition coefficient (Wildman–Crippen LogP) is 2.39. The van der Waals surface area contributed by atoms with Gasteiger partial charge >= 0.3 is 0 Å². The van der Waals surface area contributed by atoms with E-state index >= 15 is 0 Å². The van der Waals surface area contributed by atoms with Crippen LogP contribution < -0.4 is 0 Å². The van der Waals surface area contributed by atoms with E-state index in [9.17, 15) is 9.18 Å². The number of hydrogen-bond acceptors (Lipinski definition) is 2. The maximum atomic E-state index is 12.9. The fraction of sp³-hybridized carbons (Fsp3) is 0.250. The van der Waals surface area contributed by atoms with Crippen molar-refractivity contribution in [3.63, 3.8) is 0 Å². The molecule has 0 bridgehead atoms. The number of halogens is 2. The first-order valence-electron chi connectivity index (χ1n) is 3.36. The molecule has 1 heterocycles. The van der Waals surface area contributed by atoms with Gasteiger partial charge in [-0.3, -0.25) is 4.79 Å². The van der Waals surface area contributed by atoms with Crippen LogP contribution in [0, 0.1) is 12.7 Å². The molecule has 0 spiro atoms. The van der Waals surface area contributed by atoms with Gasteiger partial charge in [0, 0.05) is 6.92 Å². The van der Waals surface area contributed by atoms with Crippen LogP contribution in [0.15, 0.2) is 6.07 Å². The Labute approximate surface area is 74.4 Å². The third kappa shape index (κ3) is 1.61. The summed E-state index contributed by atoms with van der Waals surface area (Å²) in [5.41, 5.74) is 0.324. The van der Waals surface area contributed by atoms with Gasteiger partial charge in [-0.15, -0.1) is 0 Å². The molecule has 1 rings (SSSR count). The molecule has 1 aromatic rings. The highest BCUT2D eigenvalue weighted by molar-refractivity contribution is 6.30. The van der Waals surface area contributed by atoms with E-state index in [2.05, 4.69) is 4.98 Å². The van der Waals surface area contributed by atoms with Crippen LogP contribution in [0.5, 0.6) is 0 Å². The predicted molar refractivity (Wildman–Crippen MR) is 43.9 cm³/mol. The Bertz CT molecular complexity index is 338. The van der Waals surface area contributed by atoms with Crippen molar-refractivity contribution in [1.82, 2.24) is 4.98 Å². The van der Waals surface area contributed by atoms with E-state index < -0.39 is 11.6 Å². The molecule has 0 atom stereocenters. The maximum absolute atomic E-state index is 12.9. The second-order valence-corrected chi connectivity index (χ2v) is 2.84. The van der Waals surface area contributed by atoms with Crippen LogP contribution in [0.4, 0.5) is 4.39 Å². The van der Waals surface area contributed by atoms with Gasteiger partial charge in [0.25, 0.3) is 0 Å². The first kappa shape index (κ1) is 9.13. The molecule has 2 nitrogen and oxygen atoms in total. The minimum absolute atomic E-state index is 0.168. The molecular formula is C8H7ClFNO. The summed E-state index contributed by atoms with van der Waals surface area (Å²) in [5, 5.41) is 0.168. The number of hydrogen-bond donors (Lipinski definition) is 0. The zero-order chi connectivity index (χ0) is 9.30. The second kappa shape index (κ2) is 3.19. The average Bonchev–Trinajstić information content (AvgIpc) is 1.96. The number of carbonyl (C=O) groups is 1. The highest BCUT2D eigenvalue weighted by atomic mass is 35.5. The summed E-state index contributed by atoms with van der Waals surface area (Å²) in [6.07, 6.45) is 0. The number of aryl methyl sites for hydroxylation is 1. The van der Waals surface area contributed by atoms with Crippen molar-refractivity contribution in [2.45, 2.75) is 13.8 Å². The van der Waals surface area contributed by atoms with Crippen LogP contribution in [-0.2, 0) is 0 Å². The molecule has 0 unspecified atom stereocenters. The lowest BCUT2D eigenvalue weighted by Gasteiger charge is -2.00. The number of pyridine rings is 1. The van der Waals surface area contributed by atoms with Crippen molar-refractivity contribution in [3.8, 4) is 0 Å². The molecule has 0 N–H and O–H groups in total. The van der Waals surface area contributed by atoms with Gasteiger partial charge in [0.05, 0.1) is 0 Å². The summed E-state index contributed by atoms with van der Waals surface area (Å²) in [6.45, 7) is 2.87.